The zero-order valence-corrected chi connectivity index (χ0v) is 23.4. The third kappa shape index (κ3) is 5.36. The van der Waals surface area contributed by atoms with Gasteiger partial charge in [-0.1, -0.05) is 49.7 Å². The van der Waals surface area contributed by atoms with Gasteiger partial charge in [0.05, 0.1) is 19.6 Å². The van der Waals surface area contributed by atoms with Crippen LogP contribution >= 0.6 is 0 Å². The topological polar surface area (TPSA) is 97.3 Å². The number of benzene rings is 3. The van der Waals surface area contributed by atoms with E-state index in [4.69, 9.17) is 14.2 Å². The number of methoxy groups -OCH3 is 1. The van der Waals surface area contributed by atoms with Crippen molar-refractivity contribution in [3.8, 4) is 17.2 Å². The van der Waals surface area contributed by atoms with Gasteiger partial charge in [0.2, 0.25) is 12.7 Å². The second kappa shape index (κ2) is 11.6. The average molecular weight is 545 g/mol. The first-order chi connectivity index (χ1) is 19.3. The molecular weight excluding hydrogens is 508 g/mol. The van der Waals surface area contributed by atoms with E-state index in [0.717, 1.165) is 40.8 Å². The number of ether oxygens (including phenoxy) is 3. The lowest BCUT2D eigenvalue weighted by molar-refractivity contribution is -0.143. The van der Waals surface area contributed by atoms with Crippen LogP contribution in [0.5, 0.6) is 17.2 Å². The molecule has 3 aromatic carbocycles. The Bertz CT molecular complexity index is 1380. The number of aliphatic carboxylic acids is 1. The first-order valence-electron chi connectivity index (χ1n) is 13.8. The van der Waals surface area contributed by atoms with Crippen molar-refractivity contribution >= 4 is 17.6 Å². The van der Waals surface area contributed by atoms with Gasteiger partial charge < -0.3 is 24.6 Å². The molecule has 0 aromatic heterocycles. The maximum atomic E-state index is 13.6. The zero-order valence-electron chi connectivity index (χ0n) is 23.4. The van der Waals surface area contributed by atoms with Gasteiger partial charge in [-0.15, -0.1) is 0 Å². The summed E-state index contributed by atoms with van der Waals surface area (Å²) in [6.07, 6.45) is 1.60. The number of anilines is 1. The predicted molar refractivity (Wildman–Crippen MR) is 152 cm³/mol. The summed E-state index contributed by atoms with van der Waals surface area (Å²) in [5.74, 6) is -0.273. The van der Waals surface area contributed by atoms with Crippen molar-refractivity contribution in [3.63, 3.8) is 0 Å². The number of carboxylic acids is 1. The fourth-order valence-corrected chi connectivity index (χ4v) is 6.10. The lowest BCUT2D eigenvalue weighted by Crippen LogP contribution is -2.35. The molecule has 5 rings (SSSR count). The number of hydrogen-bond donors (Lipinski definition) is 2. The Balaban J connectivity index is 1.49. The van der Waals surface area contributed by atoms with E-state index >= 15 is 0 Å². The molecule has 3 aromatic rings. The van der Waals surface area contributed by atoms with Crippen molar-refractivity contribution in [2.45, 2.75) is 45.6 Å². The lowest BCUT2D eigenvalue weighted by Gasteiger charge is -2.27. The van der Waals surface area contributed by atoms with Crippen molar-refractivity contribution in [2.75, 3.05) is 32.3 Å². The van der Waals surface area contributed by atoms with Gasteiger partial charge >= 0.3 is 5.97 Å². The molecule has 8 nitrogen and oxygen atoms in total. The maximum absolute atomic E-state index is 13.6. The summed E-state index contributed by atoms with van der Waals surface area (Å²) in [7, 11) is 1.59. The van der Waals surface area contributed by atoms with Crippen LogP contribution in [-0.4, -0.2) is 48.9 Å². The van der Waals surface area contributed by atoms with E-state index in [2.05, 4.69) is 38.2 Å². The Labute approximate surface area is 234 Å². The number of carboxylic acid groups (broad SMARTS) is 1. The van der Waals surface area contributed by atoms with Crippen LogP contribution in [-0.2, 0) is 22.4 Å². The molecule has 2 N–H and O–H groups in total. The normalized spacial score (nSPS) is 19.9. The van der Waals surface area contributed by atoms with Crippen LogP contribution in [0.15, 0.2) is 54.6 Å². The third-order valence-corrected chi connectivity index (χ3v) is 7.98. The van der Waals surface area contributed by atoms with Gasteiger partial charge in [-0.2, -0.15) is 0 Å². The van der Waals surface area contributed by atoms with Crippen molar-refractivity contribution in [3.05, 3.63) is 82.4 Å². The van der Waals surface area contributed by atoms with Gasteiger partial charge in [-0.05, 0) is 66.3 Å². The molecule has 0 radical (unpaired) electrons. The van der Waals surface area contributed by atoms with Gasteiger partial charge in [-0.3, -0.25) is 14.5 Å². The van der Waals surface area contributed by atoms with Crippen LogP contribution in [0.3, 0.4) is 0 Å². The summed E-state index contributed by atoms with van der Waals surface area (Å²) < 4.78 is 16.4. The molecule has 0 unspecified atom stereocenters. The van der Waals surface area contributed by atoms with E-state index in [1.165, 1.54) is 5.56 Å². The van der Waals surface area contributed by atoms with Crippen LogP contribution < -0.4 is 19.5 Å². The number of aryl methyl sites for hydroxylation is 3. The molecule has 0 aliphatic carbocycles. The number of amides is 1. The zero-order chi connectivity index (χ0) is 28.4. The Morgan fingerprint density at radius 1 is 0.975 bits per heavy atom. The number of rotatable bonds is 9. The summed E-state index contributed by atoms with van der Waals surface area (Å²) in [6.45, 7) is 6.83. The molecule has 3 atom stereocenters. The third-order valence-electron chi connectivity index (χ3n) is 7.98. The minimum atomic E-state index is -0.911. The fraction of sp³-hybridized carbons (Fsp3) is 0.375. The van der Waals surface area contributed by atoms with Gasteiger partial charge in [0, 0.05) is 24.2 Å². The van der Waals surface area contributed by atoms with Crippen LogP contribution in [0.4, 0.5) is 5.69 Å². The number of fused-ring (bicyclic) bond motifs is 1. The molecule has 0 spiro atoms. The van der Waals surface area contributed by atoms with Gasteiger partial charge in [0.25, 0.3) is 0 Å². The largest absolute Gasteiger partial charge is 0.497 e. The molecule has 2 aliphatic rings. The summed E-state index contributed by atoms with van der Waals surface area (Å²) in [5, 5.41) is 13.7. The van der Waals surface area contributed by atoms with Crippen molar-refractivity contribution in [2.24, 2.45) is 5.92 Å². The number of likely N-dealkylation sites (tertiary alicyclic amines) is 1. The first kappa shape index (κ1) is 27.5. The van der Waals surface area contributed by atoms with Gasteiger partial charge in [0.15, 0.2) is 11.5 Å². The second-order valence-electron chi connectivity index (χ2n) is 10.4. The quantitative estimate of drug-likeness (QED) is 0.375. The number of carbonyl (C=O) groups is 2. The van der Waals surface area contributed by atoms with E-state index < -0.39 is 17.9 Å². The number of hydrogen-bond acceptors (Lipinski definition) is 6. The summed E-state index contributed by atoms with van der Waals surface area (Å²) >= 11 is 0. The maximum Gasteiger partial charge on any atom is 0.309 e. The second-order valence-corrected chi connectivity index (χ2v) is 10.4. The standard InChI is InChI=1S/C32H36N2O6/c1-5-20-13-19(3)14-21(6-2)30(20)33-28(35)17-34-16-25(23-9-12-26-27(15-23)40-18-39-26)29(32(36)37)31(34)22-7-10-24(38-4)11-8-22/h7-15,25,29,31H,5-6,16-18H2,1-4H3,(H,33,35)(H,36,37)/t25-,29+,31-/m1/s1. The van der Waals surface area contributed by atoms with Crippen molar-refractivity contribution in [1.29, 1.82) is 0 Å². The molecular formula is C32H36N2O6. The van der Waals surface area contributed by atoms with Crippen molar-refractivity contribution < 1.29 is 28.9 Å². The first-order valence-corrected chi connectivity index (χ1v) is 13.8. The summed E-state index contributed by atoms with van der Waals surface area (Å²) in [5.41, 5.74) is 5.89. The number of nitrogens with one attached hydrogen (secondary N) is 1. The van der Waals surface area contributed by atoms with E-state index in [1.807, 2.05) is 47.4 Å². The highest BCUT2D eigenvalue weighted by Gasteiger charge is 2.48. The molecule has 0 saturated carbocycles. The molecule has 2 heterocycles. The molecule has 1 amide bonds. The monoisotopic (exact) mass is 544 g/mol. The van der Waals surface area contributed by atoms with Crippen LogP contribution in [0.2, 0.25) is 0 Å². The molecule has 2 aliphatic heterocycles. The lowest BCUT2D eigenvalue weighted by atomic mass is 9.82. The molecule has 40 heavy (non-hydrogen) atoms. The number of nitrogens with zero attached hydrogens (tertiary/aromatic N) is 1. The smallest absolute Gasteiger partial charge is 0.309 e. The molecule has 8 heteroatoms. The Kier molecular flexibility index (Phi) is 7.98. The van der Waals surface area contributed by atoms with E-state index in [1.54, 1.807) is 7.11 Å². The Morgan fingerprint density at radius 2 is 1.62 bits per heavy atom. The van der Waals surface area contributed by atoms with Crippen LogP contribution in [0, 0.1) is 12.8 Å². The van der Waals surface area contributed by atoms with E-state index in [9.17, 15) is 14.7 Å². The average Bonchev–Trinajstić information content (AvgIpc) is 3.58. The van der Waals surface area contributed by atoms with Gasteiger partial charge in [0.1, 0.15) is 5.75 Å². The Hall–Kier alpha value is -4.04. The summed E-state index contributed by atoms with van der Waals surface area (Å²) in [4.78, 5) is 28.4. The highest BCUT2D eigenvalue weighted by molar-refractivity contribution is 5.94. The SMILES string of the molecule is CCc1cc(C)cc(CC)c1NC(=O)CN1C[C@H](c2ccc3c(c2)OCO3)[C@H](C(=O)O)[C@H]1c1ccc(OC)cc1. The molecule has 1 saturated heterocycles. The van der Waals surface area contributed by atoms with Crippen LogP contribution in [0.1, 0.15) is 53.6 Å². The molecule has 1 fully saturated rings. The fourth-order valence-electron chi connectivity index (χ4n) is 6.10. The predicted octanol–water partition coefficient (Wildman–Crippen LogP) is 5.34. The van der Waals surface area contributed by atoms with E-state index in [-0.39, 0.29) is 25.2 Å². The molecule has 0 bridgehead atoms. The minimum absolute atomic E-state index is 0.0573. The summed E-state index contributed by atoms with van der Waals surface area (Å²) in [6, 6.07) is 16.7. The van der Waals surface area contributed by atoms with Crippen molar-refractivity contribution in [1.82, 2.24) is 4.90 Å². The highest BCUT2D eigenvalue weighted by Crippen LogP contribution is 2.47. The van der Waals surface area contributed by atoms with Gasteiger partial charge in [-0.25, -0.2) is 0 Å². The molecule has 210 valence electrons. The van der Waals surface area contributed by atoms with Crippen LogP contribution in [0.25, 0.3) is 0 Å². The van der Waals surface area contributed by atoms with E-state index in [0.29, 0.717) is 23.8 Å². The number of carbonyl (C=O) groups excluding carboxylic acids is 1. The minimum Gasteiger partial charge on any atom is -0.497 e. The highest BCUT2D eigenvalue weighted by atomic mass is 16.7. The Morgan fingerprint density at radius 3 is 2.25 bits per heavy atom.